The van der Waals surface area contributed by atoms with Crippen molar-refractivity contribution in [2.45, 2.75) is 44.8 Å². The molecule has 1 aliphatic carbocycles. The van der Waals surface area contributed by atoms with Crippen molar-refractivity contribution in [1.82, 2.24) is 10.4 Å². The first-order valence-corrected chi connectivity index (χ1v) is 7.48. The maximum Gasteiger partial charge on any atom is 0.285 e. The van der Waals surface area contributed by atoms with Crippen LogP contribution in [0.2, 0.25) is 0 Å². The van der Waals surface area contributed by atoms with Crippen LogP contribution in [0.5, 0.6) is 0 Å². The summed E-state index contributed by atoms with van der Waals surface area (Å²) in [4.78, 5) is 41.3. The summed E-state index contributed by atoms with van der Waals surface area (Å²) in [5.74, 6) is -0.907. The molecule has 1 aromatic rings. The number of hydrogen-bond donors (Lipinski definition) is 1. The lowest BCUT2D eigenvalue weighted by atomic mass is 9.93. The average Bonchev–Trinajstić information content (AvgIpc) is 2.73. The fourth-order valence-corrected chi connectivity index (χ4v) is 3.07. The highest BCUT2D eigenvalue weighted by Crippen LogP contribution is 2.27. The molecule has 1 aromatic carbocycles. The summed E-state index contributed by atoms with van der Waals surface area (Å²) in [5, 5.41) is 3.74. The summed E-state index contributed by atoms with van der Waals surface area (Å²) in [6.45, 7) is 1.48. The maximum absolute atomic E-state index is 12.3. The van der Waals surface area contributed by atoms with E-state index < -0.39 is 11.8 Å². The van der Waals surface area contributed by atoms with Crippen LogP contribution in [0, 0.1) is 0 Å². The lowest BCUT2D eigenvalue weighted by Gasteiger charge is -2.30. The van der Waals surface area contributed by atoms with E-state index in [0.29, 0.717) is 17.5 Å². The molecule has 2 aliphatic rings. The lowest BCUT2D eigenvalue weighted by molar-refractivity contribution is -0.144. The Morgan fingerprint density at radius 1 is 1.18 bits per heavy atom. The number of benzene rings is 1. The van der Waals surface area contributed by atoms with E-state index in [4.69, 9.17) is 4.84 Å². The van der Waals surface area contributed by atoms with Gasteiger partial charge in [0, 0.05) is 13.0 Å². The third-order valence-corrected chi connectivity index (χ3v) is 4.04. The molecule has 1 fully saturated rings. The second kappa shape index (κ2) is 5.88. The molecule has 116 valence electrons. The van der Waals surface area contributed by atoms with Gasteiger partial charge in [-0.05, 0) is 37.8 Å². The van der Waals surface area contributed by atoms with E-state index in [-0.39, 0.29) is 18.1 Å². The van der Waals surface area contributed by atoms with Crippen LogP contribution in [-0.2, 0) is 9.63 Å². The van der Waals surface area contributed by atoms with Crippen molar-refractivity contribution in [3.63, 3.8) is 0 Å². The van der Waals surface area contributed by atoms with Gasteiger partial charge in [-0.15, -0.1) is 5.06 Å². The molecule has 1 N–H and O–H groups in total. The predicted octanol–water partition coefficient (Wildman–Crippen LogP) is 1.66. The molecule has 0 spiro atoms. The van der Waals surface area contributed by atoms with Crippen LogP contribution >= 0.6 is 0 Å². The summed E-state index contributed by atoms with van der Waals surface area (Å²) >= 11 is 0. The molecule has 6 heteroatoms. The number of nitrogens with one attached hydrogen (secondary N) is 1. The Bertz CT molecular complexity index is 593. The number of carbonyl (C=O) groups excluding carboxylic acids is 3. The van der Waals surface area contributed by atoms with E-state index in [2.05, 4.69) is 5.32 Å². The van der Waals surface area contributed by atoms with Gasteiger partial charge in [-0.3, -0.25) is 19.2 Å². The van der Waals surface area contributed by atoms with Crippen molar-refractivity contribution in [3.8, 4) is 0 Å². The third-order valence-electron chi connectivity index (χ3n) is 4.04. The first kappa shape index (κ1) is 14.7. The zero-order valence-corrected chi connectivity index (χ0v) is 12.4. The minimum atomic E-state index is -0.415. The predicted molar refractivity (Wildman–Crippen MR) is 77.9 cm³/mol. The molecule has 0 bridgehead atoms. The summed E-state index contributed by atoms with van der Waals surface area (Å²) in [7, 11) is 0. The summed E-state index contributed by atoms with van der Waals surface area (Å²) in [5.41, 5.74) is 0.753. The molecule has 0 radical (unpaired) electrons. The molecule has 0 unspecified atom stereocenters. The van der Waals surface area contributed by atoms with Crippen LogP contribution in [-0.4, -0.2) is 34.9 Å². The van der Waals surface area contributed by atoms with Gasteiger partial charge in [0.25, 0.3) is 11.8 Å². The molecular weight excluding hydrogens is 284 g/mol. The monoisotopic (exact) mass is 302 g/mol. The number of rotatable bonds is 3. The molecule has 0 saturated heterocycles. The topological polar surface area (TPSA) is 75.7 Å². The van der Waals surface area contributed by atoms with Gasteiger partial charge in [-0.2, -0.15) is 0 Å². The molecule has 3 rings (SSSR count). The summed E-state index contributed by atoms with van der Waals surface area (Å²) in [6.07, 6.45) is 2.91. The van der Waals surface area contributed by atoms with Gasteiger partial charge in [-0.25, -0.2) is 0 Å². The van der Waals surface area contributed by atoms with E-state index in [1.165, 1.54) is 6.92 Å². The molecule has 22 heavy (non-hydrogen) atoms. The molecule has 1 saturated carbocycles. The molecule has 6 nitrogen and oxygen atoms in total. The molecule has 2 atom stereocenters. The highest BCUT2D eigenvalue weighted by Gasteiger charge is 2.38. The quantitative estimate of drug-likeness (QED) is 0.862. The van der Waals surface area contributed by atoms with E-state index >= 15 is 0 Å². The van der Waals surface area contributed by atoms with Crippen molar-refractivity contribution in [1.29, 1.82) is 0 Å². The molecule has 1 aliphatic heterocycles. The number of amides is 3. The third kappa shape index (κ3) is 2.74. The van der Waals surface area contributed by atoms with Gasteiger partial charge in [0.2, 0.25) is 5.91 Å². The zero-order valence-electron chi connectivity index (χ0n) is 12.4. The van der Waals surface area contributed by atoms with Gasteiger partial charge < -0.3 is 5.32 Å². The van der Waals surface area contributed by atoms with Gasteiger partial charge in [0.15, 0.2) is 0 Å². The maximum atomic E-state index is 12.3. The number of fused-ring (bicyclic) bond motifs is 1. The van der Waals surface area contributed by atoms with Gasteiger partial charge in [0.05, 0.1) is 17.2 Å². The van der Waals surface area contributed by atoms with Gasteiger partial charge in [-0.1, -0.05) is 12.1 Å². The van der Waals surface area contributed by atoms with Gasteiger partial charge >= 0.3 is 0 Å². The molecule has 0 aromatic heterocycles. The van der Waals surface area contributed by atoms with Crippen molar-refractivity contribution >= 4 is 17.7 Å². The van der Waals surface area contributed by atoms with Crippen LogP contribution < -0.4 is 5.32 Å². The Hall–Kier alpha value is -2.21. The lowest BCUT2D eigenvalue weighted by Crippen LogP contribution is -2.42. The smallest absolute Gasteiger partial charge is 0.285 e. The summed E-state index contributed by atoms with van der Waals surface area (Å²) in [6, 6.07) is 6.73. The average molecular weight is 302 g/mol. The summed E-state index contributed by atoms with van der Waals surface area (Å²) < 4.78 is 0. The fraction of sp³-hybridized carbons (Fsp3) is 0.438. The minimum absolute atomic E-state index is 0.0337. The van der Waals surface area contributed by atoms with Crippen molar-refractivity contribution in [3.05, 3.63) is 35.4 Å². The number of nitrogens with zero attached hydrogens (tertiary/aromatic N) is 1. The number of hydrogen-bond acceptors (Lipinski definition) is 4. The highest BCUT2D eigenvalue weighted by molar-refractivity contribution is 6.20. The van der Waals surface area contributed by atoms with Crippen LogP contribution in [0.4, 0.5) is 0 Å². The Balaban J connectivity index is 1.68. The standard InChI is InChI=1S/C16H18N2O4/c1-10(19)17-11-5-4-6-12(9-11)22-18-15(20)13-7-2-3-8-14(13)16(18)21/h2-3,7-8,11-12H,4-6,9H2,1H3,(H,17,19)/t11-,12-/m1/s1. The fourth-order valence-electron chi connectivity index (χ4n) is 3.07. The minimum Gasteiger partial charge on any atom is -0.354 e. The number of carbonyl (C=O) groups is 3. The van der Waals surface area contributed by atoms with Gasteiger partial charge in [0.1, 0.15) is 0 Å². The SMILES string of the molecule is CC(=O)N[C@@H]1CCC[C@@H](ON2C(=O)c3ccccc3C2=O)C1. The number of imide groups is 1. The molecule has 3 amide bonds. The van der Waals surface area contributed by atoms with Crippen LogP contribution in [0.15, 0.2) is 24.3 Å². The van der Waals surface area contributed by atoms with Crippen LogP contribution in [0.1, 0.15) is 53.3 Å². The Kier molecular flexibility index (Phi) is 3.94. The van der Waals surface area contributed by atoms with Crippen LogP contribution in [0.25, 0.3) is 0 Å². The Labute approximate surface area is 128 Å². The first-order valence-electron chi connectivity index (χ1n) is 7.48. The zero-order chi connectivity index (χ0) is 15.7. The Morgan fingerprint density at radius 3 is 2.41 bits per heavy atom. The first-order chi connectivity index (χ1) is 10.6. The van der Waals surface area contributed by atoms with E-state index in [0.717, 1.165) is 24.3 Å². The highest BCUT2D eigenvalue weighted by atomic mass is 16.7. The van der Waals surface area contributed by atoms with E-state index in [1.807, 2.05) is 0 Å². The number of hydroxylamine groups is 2. The Morgan fingerprint density at radius 2 is 1.82 bits per heavy atom. The molecule has 1 heterocycles. The van der Waals surface area contributed by atoms with Crippen LogP contribution in [0.3, 0.4) is 0 Å². The van der Waals surface area contributed by atoms with Crippen molar-refractivity contribution in [2.75, 3.05) is 0 Å². The second-order valence-corrected chi connectivity index (χ2v) is 5.74. The van der Waals surface area contributed by atoms with E-state index in [9.17, 15) is 14.4 Å². The van der Waals surface area contributed by atoms with Crippen molar-refractivity contribution in [2.24, 2.45) is 0 Å². The normalized spacial score (nSPS) is 24.3. The molecular formula is C16H18N2O4. The van der Waals surface area contributed by atoms with Crippen molar-refractivity contribution < 1.29 is 19.2 Å². The second-order valence-electron chi connectivity index (χ2n) is 5.74. The largest absolute Gasteiger partial charge is 0.354 e. The van der Waals surface area contributed by atoms with E-state index in [1.54, 1.807) is 24.3 Å².